The molecule has 0 bridgehead atoms. The molecule has 1 aliphatic heterocycles. The van der Waals surface area contributed by atoms with Crippen molar-refractivity contribution in [2.24, 2.45) is 5.73 Å². The second-order valence-corrected chi connectivity index (χ2v) is 5.38. The first-order chi connectivity index (χ1) is 10.6. The van der Waals surface area contributed by atoms with E-state index in [-0.39, 0.29) is 19.4 Å². The summed E-state index contributed by atoms with van der Waals surface area (Å²) in [6.07, 6.45) is -3.13. The number of carboxylic acids is 1. The largest absolute Gasteiger partial charge is 0.480 e. The van der Waals surface area contributed by atoms with Crippen LogP contribution in [0.4, 0.5) is 13.2 Å². The molecule has 2 atom stereocenters. The standard InChI is InChI=1S/C13H20F3N3O4/c14-13(15,16)12(23)18-6-2-1-4-8(17)10(20)19-7-3-5-9(19)11(21)22/h8-9H,1-7,17H2,(H,18,23)(H,21,22). The lowest BCUT2D eigenvalue weighted by Gasteiger charge is -2.24. The molecule has 1 rings (SSSR count). The van der Waals surface area contributed by atoms with Gasteiger partial charge in [-0.25, -0.2) is 4.79 Å². The van der Waals surface area contributed by atoms with Crippen LogP contribution in [0, 0.1) is 0 Å². The molecule has 23 heavy (non-hydrogen) atoms. The molecule has 7 nitrogen and oxygen atoms in total. The number of carboxylic acid groups (broad SMARTS) is 1. The van der Waals surface area contributed by atoms with Crippen LogP contribution in [-0.4, -0.2) is 59.1 Å². The third kappa shape index (κ3) is 5.70. The first kappa shape index (κ1) is 19.2. The number of hydrogen-bond donors (Lipinski definition) is 3. The summed E-state index contributed by atoms with van der Waals surface area (Å²) in [5.74, 6) is -3.54. The number of nitrogens with zero attached hydrogens (tertiary/aromatic N) is 1. The summed E-state index contributed by atoms with van der Waals surface area (Å²) in [6, 6.07) is -1.76. The number of unbranched alkanes of at least 4 members (excludes halogenated alkanes) is 1. The van der Waals surface area contributed by atoms with Crippen LogP contribution < -0.4 is 11.1 Å². The number of alkyl halides is 3. The Morgan fingerprint density at radius 2 is 1.96 bits per heavy atom. The first-order valence-corrected chi connectivity index (χ1v) is 7.28. The average molecular weight is 339 g/mol. The van der Waals surface area contributed by atoms with Gasteiger partial charge >= 0.3 is 18.1 Å². The minimum absolute atomic E-state index is 0.166. The Hall–Kier alpha value is -1.84. The van der Waals surface area contributed by atoms with Crippen molar-refractivity contribution in [1.29, 1.82) is 0 Å². The van der Waals surface area contributed by atoms with Gasteiger partial charge in [0.25, 0.3) is 0 Å². The normalized spacial score (nSPS) is 19.5. The molecule has 0 saturated carbocycles. The van der Waals surface area contributed by atoms with Gasteiger partial charge in [-0.15, -0.1) is 0 Å². The highest BCUT2D eigenvalue weighted by atomic mass is 19.4. The number of aliphatic carboxylic acids is 1. The van der Waals surface area contributed by atoms with Gasteiger partial charge in [-0.05, 0) is 32.1 Å². The van der Waals surface area contributed by atoms with Crippen LogP contribution in [0.1, 0.15) is 32.1 Å². The number of carbonyl (C=O) groups is 3. The maximum absolute atomic E-state index is 12.1. The number of amides is 2. The Labute approximate surface area is 131 Å². The van der Waals surface area contributed by atoms with Crippen molar-refractivity contribution in [2.45, 2.75) is 50.4 Å². The number of hydrogen-bond acceptors (Lipinski definition) is 4. The SMILES string of the molecule is NC(CCCCNC(=O)C(F)(F)F)C(=O)N1CCCC1C(=O)O. The van der Waals surface area contributed by atoms with Crippen LogP contribution in [0.3, 0.4) is 0 Å². The van der Waals surface area contributed by atoms with Gasteiger partial charge in [0.1, 0.15) is 6.04 Å². The van der Waals surface area contributed by atoms with Gasteiger partial charge in [-0.3, -0.25) is 9.59 Å². The summed E-state index contributed by atoms with van der Waals surface area (Å²) < 4.78 is 35.8. The van der Waals surface area contributed by atoms with Crippen LogP contribution in [-0.2, 0) is 14.4 Å². The van der Waals surface area contributed by atoms with Crippen molar-refractivity contribution in [3.8, 4) is 0 Å². The molecule has 1 aliphatic rings. The number of carbonyl (C=O) groups excluding carboxylic acids is 2. The minimum Gasteiger partial charge on any atom is -0.480 e. The molecule has 0 aromatic heterocycles. The van der Waals surface area contributed by atoms with Crippen LogP contribution in [0.15, 0.2) is 0 Å². The van der Waals surface area contributed by atoms with Gasteiger partial charge in [0.15, 0.2) is 0 Å². The summed E-state index contributed by atoms with van der Waals surface area (Å²) in [6.45, 7) is 0.172. The van der Waals surface area contributed by atoms with Crippen molar-refractivity contribution in [3.05, 3.63) is 0 Å². The zero-order valence-corrected chi connectivity index (χ0v) is 12.4. The fraction of sp³-hybridized carbons (Fsp3) is 0.769. The molecular formula is C13H20F3N3O4. The highest BCUT2D eigenvalue weighted by Crippen LogP contribution is 2.19. The zero-order chi connectivity index (χ0) is 17.6. The molecular weight excluding hydrogens is 319 g/mol. The topological polar surface area (TPSA) is 113 Å². The Morgan fingerprint density at radius 3 is 2.52 bits per heavy atom. The minimum atomic E-state index is -4.91. The lowest BCUT2D eigenvalue weighted by atomic mass is 10.1. The van der Waals surface area contributed by atoms with E-state index in [1.807, 2.05) is 0 Å². The van der Waals surface area contributed by atoms with Gasteiger partial charge < -0.3 is 21.1 Å². The van der Waals surface area contributed by atoms with Crippen LogP contribution in [0.2, 0.25) is 0 Å². The van der Waals surface area contributed by atoms with Gasteiger partial charge in [0, 0.05) is 13.1 Å². The summed E-state index contributed by atoms with van der Waals surface area (Å²) in [4.78, 5) is 34.9. The molecule has 0 aliphatic carbocycles. The number of likely N-dealkylation sites (tertiary alicyclic amines) is 1. The zero-order valence-electron chi connectivity index (χ0n) is 12.4. The van der Waals surface area contributed by atoms with Crippen molar-refractivity contribution in [1.82, 2.24) is 10.2 Å². The van der Waals surface area contributed by atoms with Crippen LogP contribution in [0.25, 0.3) is 0 Å². The van der Waals surface area contributed by atoms with E-state index >= 15 is 0 Å². The Balaban J connectivity index is 2.28. The van der Waals surface area contributed by atoms with E-state index in [1.165, 1.54) is 4.90 Å². The summed E-state index contributed by atoms with van der Waals surface area (Å²) in [5.41, 5.74) is 5.72. The number of halogens is 3. The third-order valence-corrected chi connectivity index (χ3v) is 3.62. The lowest BCUT2D eigenvalue weighted by molar-refractivity contribution is -0.173. The molecule has 1 saturated heterocycles. The van der Waals surface area contributed by atoms with Crippen molar-refractivity contribution >= 4 is 17.8 Å². The quantitative estimate of drug-likeness (QED) is 0.575. The molecule has 4 N–H and O–H groups in total. The van der Waals surface area contributed by atoms with Gasteiger partial charge in [-0.2, -0.15) is 13.2 Å². The predicted octanol–water partition coefficient (Wildman–Crippen LogP) is 0.238. The Kier molecular flexibility index (Phi) is 6.79. The average Bonchev–Trinajstić information content (AvgIpc) is 2.94. The van der Waals surface area contributed by atoms with E-state index < -0.39 is 36.0 Å². The monoisotopic (exact) mass is 339 g/mol. The number of nitrogens with two attached hydrogens (primary N) is 1. The van der Waals surface area contributed by atoms with Crippen molar-refractivity contribution < 1.29 is 32.7 Å². The molecule has 1 fully saturated rings. The van der Waals surface area contributed by atoms with Gasteiger partial charge in [-0.1, -0.05) is 0 Å². The molecule has 0 aromatic rings. The molecule has 10 heteroatoms. The van der Waals surface area contributed by atoms with Crippen LogP contribution in [0.5, 0.6) is 0 Å². The third-order valence-electron chi connectivity index (χ3n) is 3.62. The van der Waals surface area contributed by atoms with E-state index in [2.05, 4.69) is 0 Å². The van der Waals surface area contributed by atoms with Gasteiger partial charge in [0.2, 0.25) is 5.91 Å². The summed E-state index contributed by atoms with van der Waals surface area (Å²) in [7, 11) is 0. The highest BCUT2D eigenvalue weighted by Gasteiger charge is 2.38. The van der Waals surface area contributed by atoms with Crippen LogP contribution >= 0.6 is 0 Å². The van der Waals surface area contributed by atoms with E-state index in [0.29, 0.717) is 25.8 Å². The Morgan fingerprint density at radius 1 is 1.30 bits per heavy atom. The van der Waals surface area contributed by atoms with Gasteiger partial charge in [0.05, 0.1) is 6.04 Å². The molecule has 2 amide bonds. The second kappa shape index (κ2) is 8.14. The molecule has 0 spiro atoms. The molecule has 2 unspecified atom stereocenters. The fourth-order valence-corrected chi connectivity index (χ4v) is 2.42. The molecule has 0 aromatic carbocycles. The van der Waals surface area contributed by atoms with E-state index in [9.17, 15) is 27.6 Å². The molecule has 132 valence electrons. The maximum atomic E-state index is 12.1. The van der Waals surface area contributed by atoms with Crippen molar-refractivity contribution in [2.75, 3.05) is 13.1 Å². The maximum Gasteiger partial charge on any atom is 0.471 e. The Bertz CT molecular complexity index is 456. The highest BCUT2D eigenvalue weighted by molar-refractivity contribution is 5.87. The van der Waals surface area contributed by atoms with E-state index in [1.54, 1.807) is 5.32 Å². The predicted molar refractivity (Wildman–Crippen MR) is 73.3 cm³/mol. The molecule has 0 radical (unpaired) electrons. The van der Waals surface area contributed by atoms with E-state index in [4.69, 9.17) is 10.8 Å². The number of rotatable bonds is 7. The summed E-state index contributed by atoms with van der Waals surface area (Å²) >= 11 is 0. The lowest BCUT2D eigenvalue weighted by Crippen LogP contribution is -2.48. The van der Waals surface area contributed by atoms with E-state index in [0.717, 1.165) is 0 Å². The fourth-order valence-electron chi connectivity index (χ4n) is 2.42. The summed E-state index contributed by atoms with van der Waals surface area (Å²) in [5, 5.41) is 10.7. The second-order valence-electron chi connectivity index (χ2n) is 5.38. The van der Waals surface area contributed by atoms with Crippen molar-refractivity contribution in [3.63, 3.8) is 0 Å². The number of nitrogens with one attached hydrogen (secondary N) is 1. The smallest absolute Gasteiger partial charge is 0.471 e. The first-order valence-electron chi connectivity index (χ1n) is 7.28. The molecule has 1 heterocycles.